The molecule has 1 aromatic rings. The van der Waals surface area contributed by atoms with E-state index in [0.717, 1.165) is 25.2 Å². The zero-order valence-electron chi connectivity index (χ0n) is 8.69. The van der Waals surface area contributed by atoms with Crippen molar-refractivity contribution in [3.05, 3.63) is 12.4 Å². The van der Waals surface area contributed by atoms with Gasteiger partial charge in [-0.3, -0.25) is 9.48 Å². The molecule has 0 spiro atoms. The molecule has 1 saturated heterocycles. The van der Waals surface area contributed by atoms with Crippen LogP contribution in [0.4, 0.5) is 5.69 Å². The SMILES string of the molecule is CCCn1cc(N2CC(Br)CC2=O)cn1. The third-order valence-corrected chi connectivity index (χ3v) is 3.08. The molecule has 0 aliphatic carbocycles. The molecule has 4 nitrogen and oxygen atoms in total. The fraction of sp³-hybridized carbons (Fsp3) is 0.600. The Hall–Kier alpha value is -0.840. The Bertz CT molecular complexity index is 363. The molecule has 1 unspecified atom stereocenters. The number of anilines is 1. The van der Waals surface area contributed by atoms with E-state index in [1.807, 2.05) is 10.9 Å². The summed E-state index contributed by atoms with van der Waals surface area (Å²) in [6, 6.07) is 0. The van der Waals surface area contributed by atoms with E-state index in [1.165, 1.54) is 0 Å². The predicted octanol–water partition coefficient (Wildman–Crippen LogP) is 1.79. The van der Waals surface area contributed by atoms with Crippen LogP contribution in [-0.2, 0) is 11.3 Å². The lowest BCUT2D eigenvalue weighted by atomic mass is 10.4. The van der Waals surface area contributed by atoms with E-state index in [0.29, 0.717) is 6.42 Å². The zero-order valence-corrected chi connectivity index (χ0v) is 10.3. The molecule has 1 fully saturated rings. The number of hydrogen-bond acceptors (Lipinski definition) is 2. The minimum absolute atomic E-state index is 0.174. The van der Waals surface area contributed by atoms with Crippen molar-refractivity contribution >= 4 is 27.5 Å². The van der Waals surface area contributed by atoms with Crippen molar-refractivity contribution in [2.24, 2.45) is 0 Å². The van der Waals surface area contributed by atoms with Gasteiger partial charge in [-0.15, -0.1) is 0 Å². The van der Waals surface area contributed by atoms with Crippen molar-refractivity contribution in [2.75, 3.05) is 11.4 Å². The van der Waals surface area contributed by atoms with Gasteiger partial charge in [0.2, 0.25) is 5.91 Å². The van der Waals surface area contributed by atoms with Crippen LogP contribution in [0.25, 0.3) is 0 Å². The van der Waals surface area contributed by atoms with Crippen molar-refractivity contribution < 1.29 is 4.79 Å². The van der Waals surface area contributed by atoms with Crippen molar-refractivity contribution in [3.8, 4) is 0 Å². The Balaban J connectivity index is 2.12. The van der Waals surface area contributed by atoms with Crippen LogP contribution in [0.5, 0.6) is 0 Å². The lowest BCUT2D eigenvalue weighted by Gasteiger charge is -2.12. The van der Waals surface area contributed by atoms with Gasteiger partial charge in [0, 0.05) is 30.5 Å². The van der Waals surface area contributed by atoms with Crippen molar-refractivity contribution in [1.29, 1.82) is 0 Å². The van der Waals surface area contributed by atoms with Gasteiger partial charge < -0.3 is 4.90 Å². The quantitative estimate of drug-likeness (QED) is 0.787. The summed E-state index contributed by atoms with van der Waals surface area (Å²) in [5, 5.41) is 4.22. The molecule has 0 radical (unpaired) electrons. The van der Waals surface area contributed by atoms with Crippen LogP contribution in [-0.4, -0.2) is 27.1 Å². The van der Waals surface area contributed by atoms with E-state index in [4.69, 9.17) is 0 Å². The second kappa shape index (κ2) is 4.35. The number of hydrogen-bond donors (Lipinski definition) is 0. The van der Waals surface area contributed by atoms with Crippen LogP contribution >= 0.6 is 15.9 Å². The lowest BCUT2D eigenvalue weighted by molar-refractivity contribution is -0.117. The molecule has 1 aliphatic rings. The molecule has 0 aromatic carbocycles. The molecular formula is C10H14BrN3O. The highest BCUT2D eigenvalue weighted by Crippen LogP contribution is 2.24. The number of aryl methyl sites for hydroxylation is 1. The van der Waals surface area contributed by atoms with Gasteiger partial charge in [0.25, 0.3) is 0 Å². The van der Waals surface area contributed by atoms with Gasteiger partial charge in [-0.05, 0) is 6.42 Å². The maximum absolute atomic E-state index is 11.6. The van der Waals surface area contributed by atoms with E-state index < -0.39 is 0 Å². The summed E-state index contributed by atoms with van der Waals surface area (Å²) < 4.78 is 1.88. The molecule has 2 heterocycles. The number of carbonyl (C=O) groups is 1. The average Bonchev–Trinajstić information content (AvgIpc) is 2.73. The minimum Gasteiger partial charge on any atom is -0.308 e. The summed E-state index contributed by atoms with van der Waals surface area (Å²) in [5.41, 5.74) is 0.912. The summed E-state index contributed by atoms with van der Waals surface area (Å²) >= 11 is 3.46. The number of nitrogens with zero attached hydrogens (tertiary/aromatic N) is 3. The van der Waals surface area contributed by atoms with Crippen molar-refractivity contribution in [3.63, 3.8) is 0 Å². The number of aromatic nitrogens is 2. The van der Waals surface area contributed by atoms with E-state index >= 15 is 0 Å². The van der Waals surface area contributed by atoms with E-state index in [9.17, 15) is 4.79 Å². The zero-order chi connectivity index (χ0) is 10.8. The first kappa shape index (κ1) is 10.7. The van der Waals surface area contributed by atoms with E-state index in [-0.39, 0.29) is 10.7 Å². The topological polar surface area (TPSA) is 38.1 Å². The van der Waals surface area contributed by atoms with Crippen LogP contribution in [0.1, 0.15) is 19.8 Å². The molecular weight excluding hydrogens is 258 g/mol. The molecule has 82 valence electrons. The highest BCUT2D eigenvalue weighted by molar-refractivity contribution is 9.09. The van der Waals surface area contributed by atoms with Gasteiger partial charge in [0.15, 0.2) is 0 Å². The second-order valence-electron chi connectivity index (χ2n) is 3.77. The molecule has 0 N–H and O–H groups in total. The van der Waals surface area contributed by atoms with Crippen LogP contribution < -0.4 is 4.90 Å². The molecule has 1 aliphatic heterocycles. The minimum atomic E-state index is 0.174. The van der Waals surface area contributed by atoms with Crippen LogP contribution in [0.15, 0.2) is 12.4 Å². The van der Waals surface area contributed by atoms with Gasteiger partial charge in [-0.1, -0.05) is 22.9 Å². The Morgan fingerprint density at radius 1 is 1.67 bits per heavy atom. The Labute approximate surface area is 97.4 Å². The Morgan fingerprint density at radius 3 is 3.07 bits per heavy atom. The maximum Gasteiger partial charge on any atom is 0.228 e. The second-order valence-corrected chi connectivity index (χ2v) is 5.06. The van der Waals surface area contributed by atoms with Crippen molar-refractivity contribution in [1.82, 2.24) is 9.78 Å². The fourth-order valence-electron chi connectivity index (χ4n) is 1.76. The van der Waals surface area contributed by atoms with Gasteiger partial charge in [0.1, 0.15) is 0 Å². The number of alkyl halides is 1. The van der Waals surface area contributed by atoms with Crippen LogP contribution in [0.2, 0.25) is 0 Å². The third-order valence-electron chi connectivity index (χ3n) is 2.46. The van der Waals surface area contributed by atoms with Gasteiger partial charge >= 0.3 is 0 Å². The molecule has 2 rings (SSSR count). The summed E-state index contributed by atoms with van der Waals surface area (Å²) in [6.07, 6.45) is 5.33. The largest absolute Gasteiger partial charge is 0.308 e. The first-order chi connectivity index (χ1) is 7.20. The Kier molecular flexibility index (Phi) is 3.09. The first-order valence-corrected chi connectivity index (χ1v) is 6.09. The molecule has 1 atom stereocenters. The number of carbonyl (C=O) groups excluding carboxylic acids is 1. The average molecular weight is 272 g/mol. The normalized spacial score (nSPS) is 21.3. The molecule has 1 aromatic heterocycles. The van der Waals surface area contributed by atoms with Crippen LogP contribution in [0.3, 0.4) is 0 Å². The molecule has 5 heteroatoms. The number of rotatable bonds is 3. The van der Waals surface area contributed by atoms with Crippen molar-refractivity contribution in [2.45, 2.75) is 31.1 Å². The third kappa shape index (κ3) is 2.22. The lowest BCUT2D eigenvalue weighted by Crippen LogP contribution is -2.24. The van der Waals surface area contributed by atoms with Gasteiger partial charge in [0.05, 0.1) is 11.9 Å². The summed E-state index contributed by atoms with van der Waals surface area (Å²) in [7, 11) is 0. The molecule has 1 amide bonds. The van der Waals surface area contributed by atoms with E-state index in [1.54, 1.807) is 11.1 Å². The van der Waals surface area contributed by atoms with Crippen LogP contribution in [0, 0.1) is 0 Å². The van der Waals surface area contributed by atoms with E-state index in [2.05, 4.69) is 28.0 Å². The summed E-state index contributed by atoms with van der Waals surface area (Å²) in [4.78, 5) is 13.7. The number of amides is 1. The van der Waals surface area contributed by atoms with Gasteiger partial charge in [-0.25, -0.2) is 0 Å². The predicted molar refractivity (Wildman–Crippen MR) is 62.2 cm³/mol. The smallest absolute Gasteiger partial charge is 0.228 e. The molecule has 0 saturated carbocycles. The van der Waals surface area contributed by atoms with Gasteiger partial charge in [-0.2, -0.15) is 5.10 Å². The standard InChI is InChI=1S/C10H14BrN3O/c1-2-3-13-7-9(5-12-13)14-6-8(11)4-10(14)15/h5,7-8H,2-4,6H2,1H3. The Morgan fingerprint density at radius 2 is 2.47 bits per heavy atom. The maximum atomic E-state index is 11.6. The monoisotopic (exact) mass is 271 g/mol. The summed E-state index contributed by atoms with van der Waals surface area (Å²) in [5.74, 6) is 0.174. The fourth-order valence-corrected chi connectivity index (χ4v) is 2.32. The molecule has 0 bridgehead atoms. The summed E-state index contributed by atoms with van der Waals surface area (Å²) in [6.45, 7) is 3.76. The molecule has 15 heavy (non-hydrogen) atoms. The first-order valence-electron chi connectivity index (χ1n) is 5.17. The number of halogens is 1. The highest BCUT2D eigenvalue weighted by atomic mass is 79.9. The highest BCUT2D eigenvalue weighted by Gasteiger charge is 2.29.